The van der Waals surface area contributed by atoms with Gasteiger partial charge < -0.3 is 20.0 Å². The van der Waals surface area contributed by atoms with Crippen LogP contribution in [0.25, 0.3) is 0 Å². The van der Waals surface area contributed by atoms with E-state index < -0.39 is 0 Å². The summed E-state index contributed by atoms with van der Waals surface area (Å²) in [6, 6.07) is 0. The average molecular weight is 244 g/mol. The molecule has 0 aromatic carbocycles. The monoisotopic (exact) mass is 244 g/mol. The Bertz CT molecular complexity index is 139. The third kappa shape index (κ3) is 9.53. The summed E-state index contributed by atoms with van der Waals surface area (Å²) in [5.41, 5.74) is 0. The van der Waals surface area contributed by atoms with Crippen LogP contribution in [0.5, 0.6) is 0 Å². The molecule has 4 nitrogen and oxygen atoms in total. The summed E-state index contributed by atoms with van der Waals surface area (Å²) in [6.07, 6.45) is 0. The van der Waals surface area contributed by atoms with Gasteiger partial charge in [0, 0.05) is 52.4 Å². The van der Waals surface area contributed by atoms with E-state index in [1.165, 1.54) is 39.3 Å². The molecule has 0 saturated carbocycles. The number of nitrogens with one attached hydrogen (secondary N) is 1. The lowest BCUT2D eigenvalue weighted by Crippen LogP contribution is -2.42. The maximum absolute atomic E-state index is 3.27. The fraction of sp³-hybridized carbons (Fsp3) is 1.00. The van der Waals surface area contributed by atoms with E-state index in [-0.39, 0.29) is 0 Å². The van der Waals surface area contributed by atoms with Crippen molar-refractivity contribution in [1.82, 2.24) is 20.0 Å². The number of hydrogen-bond donors (Lipinski definition) is 1. The molecule has 0 aliphatic carbocycles. The van der Waals surface area contributed by atoms with Gasteiger partial charge in [-0.05, 0) is 21.1 Å². The normalized spacial score (nSPS) is 23.1. The van der Waals surface area contributed by atoms with Gasteiger partial charge in [0.1, 0.15) is 0 Å². The van der Waals surface area contributed by atoms with Gasteiger partial charge in [-0.1, -0.05) is 13.8 Å². The number of nitrogens with zero attached hydrogens (tertiary/aromatic N) is 3. The van der Waals surface area contributed by atoms with E-state index in [2.05, 4.69) is 41.2 Å². The van der Waals surface area contributed by atoms with E-state index in [1.807, 2.05) is 13.8 Å². The van der Waals surface area contributed by atoms with Gasteiger partial charge in [0.2, 0.25) is 0 Å². The van der Waals surface area contributed by atoms with Crippen molar-refractivity contribution in [2.24, 2.45) is 0 Å². The van der Waals surface area contributed by atoms with Crippen LogP contribution in [0.2, 0.25) is 0 Å². The van der Waals surface area contributed by atoms with Crippen LogP contribution in [0.1, 0.15) is 13.8 Å². The molecular formula is C13H32N4. The molecule has 0 aromatic rings. The maximum Gasteiger partial charge on any atom is 0.0107 e. The first-order valence-electron chi connectivity index (χ1n) is 6.95. The van der Waals surface area contributed by atoms with E-state index in [0.29, 0.717) is 0 Å². The molecule has 2 rings (SSSR count). The summed E-state index contributed by atoms with van der Waals surface area (Å²) < 4.78 is 0. The van der Waals surface area contributed by atoms with Crippen molar-refractivity contribution >= 4 is 0 Å². The van der Waals surface area contributed by atoms with Gasteiger partial charge in [0.05, 0.1) is 0 Å². The van der Waals surface area contributed by atoms with Crippen LogP contribution in [-0.4, -0.2) is 88.2 Å². The Hall–Kier alpha value is -0.160. The molecular weight excluding hydrogens is 212 g/mol. The SMILES string of the molecule is CC.CN1CCN(C)CC1.CN1CCNCC1. The molecule has 0 spiro atoms. The van der Waals surface area contributed by atoms with Gasteiger partial charge in [0.25, 0.3) is 0 Å². The molecule has 2 saturated heterocycles. The van der Waals surface area contributed by atoms with Crippen LogP contribution >= 0.6 is 0 Å². The van der Waals surface area contributed by atoms with Gasteiger partial charge in [-0.15, -0.1) is 0 Å². The van der Waals surface area contributed by atoms with Crippen LogP contribution in [0, 0.1) is 0 Å². The highest BCUT2D eigenvalue weighted by molar-refractivity contribution is 4.64. The lowest BCUT2D eigenvalue weighted by molar-refractivity contribution is 0.181. The first-order valence-corrected chi connectivity index (χ1v) is 6.95. The second-order valence-corrected chi connectivity index (χ2v) is 4.66. The van der Waals surface area contributed by atoms with Crippen molar-refractivity contribution in [3.63, 3.8) is 0 Å². The van der Waals surface area contributed by atoms with Crippen molar-refractivity contribution in [3.05, 3.63) is 0 Å². The smallest absolute Gasteiger partial charge is 0.0107 e. The molecule has 104 valence electrons. The van der Waals surface area contributed by atoms with E-state index in [4.69, 9.17) is 0 Å². The Balaban J connectivity index is 0.000000265. The molecule has 2 fully saturated rings. The summed E-state index contributed by atoms with van der Waals surface area (Å²) in [7, 11) is 6.50. The fourth-order valence-electron chi connectivity index (χ4n) is 1.68. The predicted molar refractivity (Wildman–Crippen MR) is 76.7 cm³/mol. The minimum atomic E-state index is 1.16. The highest BCUT2D eigenvalue weighted by atomic mass is 15.2. The van der Waals surface area contributed by atoms with Gasteiger partial charge >= 0.3 is 0 Å². The topological polar surface area (TPSA) is 21.8 Å². The summed E-state index contributed by atoms with van der Waals surface area (Å²) in [5, 5.41) is 3.27. The van der Waals surface area contributed by atoms with Crippen molar-refractivity contribution < 1.29 is 0 Å². The Kier molecular flexibility index (Phi) is 10.9. The third-order valence-electron chi connectivity index (χ3n) is 3.07. The molecule has 0 unspecified atom stereocenters. The Morgan fingerprint density at radius 2 is 0.882 bits per heavy atom. The number of hydrogen-bond acceptors (Lipinski definition) is 4. The first kappa shape index (κ1) is 16.8. The average Bonchev–Trinajstić information content (AvgIpc) is 2.37. The first-order chi connectivity index (χ1) is 8.18. The maximum atomic E-state index is 3.27. The molecule has 0 atom stereocenters. The number of rotatable bonds is 0. The number of piperazine rings is 2. The van der Waals surface area contributed by atoms with Crippen LogP contribution < -0.4 is 5.32 Å². The molecule has 0 radical (unpaired) electrons. The van der Waals surface area contributed by atoms with Crippen LogP contribution in [-0.2, 0) is 0 Å². The second-order valence-electron chi connectivity index (χ2n) is 4.66. The van der Waals surface area contributed by atoms with E-state index in [0.717, 1.165) is 13.1 Å². The molecule has 4 heteroatoms. The van der Waals surface area contributed by atoms with Crippen LogP contribution in [0.4, 0.5) is 0 Å². The number of likely N-dealkylation sites (N-methyl/N-ethyl adjacent to an activating group) is 3. The lowest BCUT2D eigenvalue weighted by Gasteiger charge is -2.28. The molecule has 2 aliphatic heterocycles. The third-order valence-corrected chi connectivity index (χ3v) is 3.07. The minimum absolute atomic E-state index is 1.16. The van der Waals surface area contributed by atoms with Gasteiger partial charge in [-0.3, -0.25) is 0 Å². The predicted octanol–water partition coefficient (Wildman–Crippen LogP) is 0.411. The Morgan fingerprint density at radius 1 is 0.588 bits per heavy atom. The highest BCUT2D eigenvalue weighted by Gasteiger charge is 2.07. The highest BCUT2D eigenvalue weighted by Crippen LogP contribution is 1.93. The zero-order valence-corrected chi connectivity index (χ0v) is 12.5. The molecule has 17 heavy (non-hydrogen) atoms. The van der Waals surface area contributed by atoms with Crippen molar-refractivity contribution in [2.75, 3.05) is 73.5 Å². The van der Waals surface area contributed by atoms with Gasteiger partial charge in [-0.25, -0.2) is 0 Å². The zero-order valence-electron chi connectivity index (χ0n) is 12.5. The largest absolute Gasteiger partial charge is 0.314 e. The van der Waals surface area contributed by atoms with Gasteiger partial charge in [-0.2, -0.15) is 0 Å². The fourth-order valence-corrected chi connectivity index (χ4v) is 1.68. The summed E-state index contributed by atoms with van der Waals surface area (Å²) in [5.74, 6) is 0. The van der Waals surface area contributed by atoms with E-state index >= 15 is 0 Å². The molecule has 0 aromatic heterocycles. The second kappa shape index (κ2) is 11.0. The molecule has 0 amide bonds. The van der Waals surface area contributed by atoms with Crippen LogP contribution in [0.15, 0.2) is 0 Å². The standard InChI is InChI=1S/C6H14N2.C5H12N2.C2H6/c1-7-3-5-8(2)6-4-7;1-7-4-2-6-3-5-7;1-2/h3-6H2,1-2H3;6H,2-5H2,1H3;1-2H3. The van der Waals surface area contributed by atoms with E-state index in [9.17, 15) is 0 Å². The van der Waals surface area contributed by atoms with Crippen molar-refractivity contribution in [2.45, 2.75) is 13.8 Å². The molecule has 2 aliphatic rings. The van der Waals surface area contributed by atoms with Crippen molar-refractivity contribution in [3.8, 4) is 0 Å². The Labute approximate surface area is 108 Å². The lowest BCUT2D eigenvalue weighted by atomic mass is 10.4. The molecule has 2 heterocycles. The Morgan fingerprint density at radius 3 is 1.12 bits per heavy atom. The van der Waals surface area contributed by atoms with Crippen molar-refractivity contribution in [1.29, 1.82) is 0 Å². The van der Waals surface area contributed by atoms with Gasteiger partial charge in [0.15, 0.2) is 0 Å². The minimum Gasteiger partial charge on any atom is -0.314 e. The van der Waals surface area contributed by atoms with E-state index in [1.54, 1.807) is 0 Å². The quantitative estimate of drug-likeness (QED) is 0.666. The van der Waals surface area contributed by atoms with Crippen LogP contribution in [0.3, 0.4) is 0 Å². The summed E-state index contributed by atoms with van der Waals surface area (Å²) in [6.45, 7) is 13.7. The molecule has 1 N–H and O–H groups in total. The zero-order chi connectivity index (χ0) is 13.1. The molecule has 0 bridgehead atoms. The summed E-state index contributed by atoms with van der Waals surface area (Å²) >= 11 is 0. The summed E-state index contributed by atoms with van der Waals surface area (Å²) in [4.78, 5) is 7.05.